The fourth-order valence-electron chi connectivity index (χ4n) is 0.931. The lowest BCUT2D eigenvalue weighted by molar-refractivity contribution is -0.113. The summed E-state index contributed by atoms with van der Waals surface area (Å²) in [7, 11) is 0. The number of rotatable bonds is 3. The van der Waals surface area contributed by atoms with E-state index < -0.39 is 0 Å². The summed E-state index contributed by atoms with van der Waals surface area (Å²) in [6.07, 6.45) is 0.411. The normalized spacial score (nSPS) is 12.2. The lowest BCUT2D eigenvalue weighted by Gasteiger charge is -2.08. The van der Waals surface area contributed by atoms with Crippen molar-refractivity contribution < 1.29 is 9.53 Å². The molecule has 0 aliphatic rings. The van der Waals surface area contributed by atoms with Crippen molar-refractivity contribution in [3.8, 4) is 5.75 Å². The van der Waals surface area contributed by atoms with E-state index in [0.717, 1.165) is 17.6 Å². The summed E-state index contributed by atoms with van der Waals surface area (Å²) >= 11 is 0. The van der Waals surface area contributed by atoms with E-state index in [2.05, 4.69) is 0 Å². The Balaban J connectivity index is 2.69. The van der Waals surface area contributed by atoms with Gasteiger partial charge in [0.2, 0.25) is 0 Å². The molecule has 0 unspecified atom stereocenters. The summed E-state index contributed by atoms with van der Waals surface area (Å²) in [5.74, 6) is 0.745. The zero-order valence-electron chi connectivity index (χ0n) is 7.28. The quantitative estimate of drug-likeness (QED) is 0.638. The Morgan fingerprint density at radius 1 is 1.50 bits per heavy atom. The van der Waals surface area contributed by atoms with Crippen molar-refractivity contribution in [1.82, 2.24) is 0 Å². The number of hydrogen-bond acceptors (Lipinski definition) is 2. The molecule has 2 nitrogen and oxygen atoms in total. The maximum Gasteiger partial charge on any atom is 0.160 e. The van der Waals surface area contributed by atoms with E-state index in [1.807, 2.05) is 31.2 Å². The van der Waals surface area contributed by atoms with Crippen molar-refractivity contribution in [3.05, 3.63) is 29.8 Å². The molecule has 0 saturated heterocycles. The van der Waals surface area contributed by atoms with Crippen LogP contribution in [-0.4, -0.2) is 12.4 Å². The molecule has 0 fully saturated rings. The molecule has 0 N–H and O–H groups in total. The first-order valence-corrected chi connectivity index (χ1v) is 3.91. The summed E-state index contributed by atoms with van der Waals surface area (Å²) < 4.78 is 5.28. The van der Waals surface area contributed by atoms with Gasteiger partial charge in [-0.3, -0.25) is 4.79 Å². The maximum atomic E-state index is 10.3. The second-order valence-electron chi connectivity index (χ2n) is 2.78. The monoisotopic (exact) mass is 164 g/mol. The number of aldehydes is 1. The van der Waals surface area contributed by atoms with Gasteiger partial charge in [0.25, 0.3) is 0 Å². The van der Waals surface area contributed by atoms with Crippen LogP contribution >= 0.6 is 0 Å². The van der Waals surface area contributed by atoms with Gasteiger partial charge >= 0.3 is 0 Å². The molecule has 0 saturated carbocycles. The van der Waals surface area contributed by atoms with E-state index in [1.54, 1.807) is 6.92 Å². The first-order valence-electron chi connectivity index (χ1n) is 3.91. The average Bonchev–Trinajstić information content (AvgIpc) is 2.04. The fraction of sp³-hybridized carbons (Fsp3) is 0.300. The van der Waals surface area contributed by atoms with E-state index in [1.165, 1.54) is 0 Å². The van der Waals surface area contributed by atoms with Gasteiger partial charge in [-0.15, -0.1) is 0 Å². The average molecular weight is 164 g/mol. The van der Waals surface area contributed by atoms with Crippen molar-refractivity contribution in [2.75, 3.05) is 0 Å². The highest BCUT2D eigenvalue weighted by Gasteiger charge is 2.00. The van der Waals surface area contributed by atoms with E-state index in [9.17, 15) is 4.79 Å². The smallest absolute Gasteiger partial charge is 0.160 e. The minimum absolute atomic E-state index is 0.369. The molecule has 0 aliphatic carbocycles. The molecule has 1 rings (SSSR count). The number of benzene rings is 1. The molecule has 1 aromatic carbocycles. The lowest BCUT2D eigenvalue weighted by Crippen LogP contribution is -2.12. The van der Waals surface area contributed by atoms with Crippen molar-refractivity contribution in [2.24, 2.45) is 0 Å². The van der Waals surface area contributed by atoms with Gasteiger partial charge in [-0.05, 0) is 31.5 Å². The van der Waals surface area contributed by atoms with Crippen LogP contribution in [0.2, 0.25) is 0 Å². The number of ether oxygens (including phenoxy) is 1. The molecule has 64 valence electrons. The molecule has 0 radical (unpaired) electrons. The van der Waals surface area contributed by atoms with Crippen molar-refractivity contribution in [3.63, 3.8) is 0 Å². The Kier molecular flexibility index (Phi) is 2.86. The molecule has 1 atom stereocenters. The van der Waals surface area contributed by atoms with Gasteiger partial charge in [0, 0.05) is 0 Å². The third-order valence-electron chi connectivity index (χ3n) is 1.50. The third kappa shape index (κ3) is 2.38. The number of aryl methyl sites for hydroxylation is 1. The first-order chi connectivity index (χ1) is 5.72. The zero-order chi connectivity index (χ0) is 8.97. The summed E-state index contributed by atoms with van der Waals surface area (Å²) in [6.45, 7) is 3.70. The second-order valence-corrected chi connectivity index (χ2v) is 2.78. The Morgan fingerprint density at radius 3 is 2.83 bits per heavy atom. The Hall–Kier alpha value is -1.31. The summed E-state index contributed by atoms with van der Waals surface area (Å²) in [6, 6.07) is 7.63. The van der Waals surface area contributed by atoms with Crippen LogP contribution in [0.3, 0.4) is 0 Å². The third-order valence-corrected chi connectivity index (χ3v) is 1.50. The lowest BCUT2D eigenvalue weighted by atomic mass is 10.2. The van der Waals surface area contributed by atoms with Crippen LogP contribution in [0.4, 0.5) is 0 Å². The van der Waals surface area contributed by atoms with Crippen molar-refractivity contribution >= 4 is 6.29 Å². The topological polar surface area (TPSA) is 26.3 Å². The van der Waals surface area contributed by atoms with Gasteiger partial charge in [0.05, 0.1) is 0 Å². The summed E-state index contributed by atoms with van der Waals surface area (Å²) in [4.78, 5) is 10.3. The molecule has 0 amide bonds. The first kappa shape index (κ1) is 8.78. The van der Waals surface area contributed by atoms with Crippen LogP contribution in [0.1, 0.15) is 12.5 Å². The Morgan fingerprint density at radius 2 is 2.25 bits per heavy atom. The molecular formula is C10H12O2. The molecule has 0 spiro atoms. The number of hydrogen-bond donors (Lipinski definition) is 0. The molecule has 0 aliphatic heterocycles. The van der Waals surface area contributed by atoms with Crippen LogP contribution < -0.4 is 4.74 Å². The highest BCUT2D eigenvalue weighted by atomic mass is 16.5. The molecule has 2 heteroatoms. The van der Waals surface area contributed by atoms with Gasteiger partial charge < -0.3 is 4.74 Å². The summed E-state index contributed by atoms with van der Waals surface area (Å²) in [5.41, 5.74) is 1.13. The molecule has 0 heterocycles. The van der Waals surface area contributed by atoms with Gasteiger partial charge in [0.15, 0.2) is 12.4 Å². The number of carbonyl (C=O) groups excluding carboxylic acids is 1. The van der Waals surface area contributed by atoms with Gasteiger partial charge in [-0.25, -0.2) is 0 Å². The molecular weight excluding hydrogens is 152 g/mol. The standard InChI is InChI=1S/C10H12O2/c1-8-4-3-5-10(6-8)12-9(2)7-11/h3-7,9H,1-2H3/t9-/m1/s1. The van der Waals surface area contributed by atoms with Gasteiger partial charge in [0.1, 0.15) is 5.75 Å². The van der Waals surface area contributed by atoms with Crippen molar-refractivity contribution in [1.29, 1.82) is 0 Å². The maximum absolute atomic E-state index is 10.3. The predicted octanol–water partition coefficient (Wildman–Crippen LogP) is 1.96. The fourth-order valence-corrected chi connectivity index (χ4v) is 0.931. The van der Waals surface area contributed by atoms with Crippen LogP contribution in [0, 0.1) is 6.92 Å². The molecule has 0 aromatic heterocycles. The minimum atomic E-state index is -0.369. The van der Waals surface area contributed by atoms with Crippen molar-refractivity contribution in [2.45, 2.75) is 20.0 Å². The van der Waals surface area contributed by atoms with Gasteiger partial charge in [-0.1, -0.05) is 12.1 Å². The molecule has 12 heavy (non-hydrogen) atoms. The van der Waals surface area contributed by atoms with E-state index in [-0.39, 0.29) is 6.10 Å². The van der Waals surface area contributed by atoms with E-state index in [4.69, 9.17) is 4.74 Å². The number of carbonyl (C=O) groups is 1. The van der Waals surface area contributed by atoms with E-state index >= 15 is 0 Å². The largest absolute Gasteiger partial charge is 0.483 e. The Labute approximate surface area is 72.2 Å². The minimum Gasteiger partial charge on any atom is -0.483 e. The SMILES string of the molecule is Cc1cccc(O[C@H](C)C=O)c1. The Bertz CT molecular complexity index is 268. The zero-order valence-corrected chi connectivity index (χ0v) is 7.28. The summed E-state index contributed by atoms with van der Waals surface area (Å²) in [5, 5.41) is 0. The molecule has 0 bridgehead atoms. The molecule has 1 aromatic rings. The predicted molar refractivity (Wildman–Crippen MR) is 47.3 cm³/mol. The highest BCUT2D eigenvalue weighted by molar-refractivity contribution is 5.56. The second kappa shape index (κ2) is 3.90. The van der Waals surface area contributed by atoms with Crippen LogP contribution in [0.5, 0.6) is 5.75 Å². The van der Waals surface area contributed by atoms with Crippen LogP contribution in [-0.2, 0) is 4.79 Å². The highest BCUT2D eigenvalue weighted by Crippen LogP contribution is 2.13. The van der Waals surface area contributed by atoms with Crippen LogP contribution in [0.15, 0.2) is 24.3 Å². The van der Waals surface area contributed by atoms with Gasteiger partial charge in [-0.2, -0.15) is 0 Å². The van der Waals surface area contributed by atoms with E-state index in [0.29, 0.717) is 0 Å². The van der Waals surface area contributed by atoms with Crippen LogP contribution in [0.25, 0.3) is 0 Å².